The topological polar surface area (TPSA) is 55.2 Å². The van der Waals surface area contributed by atoms with Crippen molar-refractivity contribution in [3.05, 3.63) is 33.9 Å². The zero-order chi connectivity index (χ0) is 13.5. The summed E-state index contributed by atoms with van der Waals surface area (Å²) in [6.45, 7) is 2.64. The maximum atomic E-state index is 12.8. The molecule has 1 aromatic carbocycles. The molecule has 6 heteroatoms. The lowest BCUT2D eigenvalue weighted by Crippen LogP contribution is -2.05. The molecule has 0 unspecified atom stereocenters. The van der Waals surface area contributed by atoms with Crippen LogP contribution in [0.3, 0.4) is 0 Å². The Morgan fingerprint density at radius 3 is 2.67 bits per heavy atom. The van der Waals surface area contributed by atoms with Crippen LogP contribution in [0.25, 0.3) is 0 Å². The van der Waals surface area contributed by atoms with Gasteiger partial charge in [0.25, 0.3) is 12.1 Å². The number of non-ortho nitro benzene ring substituents is 1. The number of nitro benzene ring substituents is 1. The molecule has 0 spiro atoms. The molecule has 0 fully saturated rings. The first-order chi connectivity index (χ1) is 8.56. The summed E-state index contributed by atoms with van der Waals surface area (Å²) in [4.78, 5) is 9.85. The summed E-state index contributed by atoms with van der Waals surface area (Å²) < 4.78 is 25.6. The summed E-state index contributed by atoms with van der Waals surface area (Å²) in [6.07, 6.45) is 0.225. The van der Waals surface area contributed by atoms with Gasteiger partial charge in [-0.1, -0.05) is 19.8 Å². The second-order valence-corrected chi connectivity index (χ2v) is 3.96. The molecule has 0 saturated carbocycles. The number of rotatable bonds is 7. The summed E-state index contributed by atoms with van der Waals surface area (Å²) in [5.41, 5.74) is -0.364. The van der Waals surface area contributed by atoms with Crippen LogP contribution in [-0.4, -0.2) is 11.5 Å². The lowest BCUT2D eigenvalue weighted by Gasteiger charge is -2.11. The predicted molar refractivity (Wildman–Crippen MR) is 66.1 cm³/mol. The molecule has 0 aliphatic rings. The smallest absolute Gasteiger partial charge is 0.270 e. The quantitative estimate of drug-likeness (QED) is 0.454. The summed E-state index contributed by atoms with van der Waals surface area (Å²) >= 11 is 0. The molecule has 18 heavy (non-hydrogen) atoms. The minimum atomic E-state index is -2.72. The van der Waals surface area contributed by atoms with Gasteiger partial charge in [-0.2, -0.15) is 0 Å². The summed E-state index contributed by atoms with van der Waals surface area (Å²) in [5, 5.41) is 13.4. The van der Waals surface area contributed by atoms with Crippen molar-refractivity contribution < 1.29 is 13.7 Å². The van der Waals surface area contributed by atoms with Crippen LogP contribution >= 0.6 is 0 Å². The average molecular weight is 258 g/mol. The van der Waals surface area contributed by atoms with Gasteiger partial charge in [0.2, 0.25) is 0 Å². The van der Waals surface area contributed by atoms with Crippen LogP contribution in [0, 0.1) is 10.1 Å². The Bertz CT molecular complexity index is 411. The molecule has 0 heterocycles. The summed E-state index contributed by atoms with van der Waals surface area (Å²) in [7, 11) is 0. The molecular formula is C12H16F2N2O2. The molecule has 100 valence electrons. The highest BCUT2D eigenvalue weighted by atomic mass is 19.3. The Morgan fingerprint density at radius 1 is 1.39 bits per heavy atom. The van der Waals surface area contributed by atoms with E-state index >= 15 is 0 Å². The van der Waals surface area contributed by atoms with Crippen molar-refractivity contribution in [2.45, 2.75) is 32.6 Å². The van der Waals surface area contributed by atoms with Gasteiger partial charge in [-0.15, -0.1) is 0 Å². The minimum absolute atomic E-state index is 0.270. The zero-order valence-corrected chi connectivity index (χ0v) is 10.2. The van der Waals surface area contributed by atoms with E-state index in [0.717, 1.165) is 25.3 Å². The van der Waals surface area contributed by atoms with Gasteiger partial charge in [-0.3, -0.25) is 10.1 Å². The van der Waals surface area contributed by atoms with Crippen LogP contribution < -0.4 is 5.32 Å². The van der Waals surface area contributed by atoms with Crippen LogP contribution in [-0.2, 0) is 0 Å². The zero-order valence-electron chi connectivity index (χ0n) is 10.2. The highest BCUT2D eigenvalue weighted by Crippen LogP contribution is 2.30. The molecule has 0 aliphatic carbocycles. The third-order valence-corrected chi connectivity index (χ3v) is 2.58. The minimum Gasteiger partial charge on any atom is -0.385 e. The van der Waals surface area contributed by atoms with Gasteiger partial charge in [0.1, 0.15) is 0 Å². The van der Waals surface area contributed by atoms with Crippen molar-refractivity contribution >= 4 is 11.4 Å². The Hall–Kier alpha value is -1.72. The van der Waals surface area contributed by atoms with E-state index in [0.29, 0.717) is 6.54 Å². The number of halogens is 2. The van der Waals surface area contributed by atoms with Gasteiger partial charge >= 0.3 is 0 Å². The average Bonchev–Trinajstić information content (AvgIpc) is 2.34. The SMILES string of the molecule is CCCCCNc1ccc([N+](=O)[O-])cc1C(F)F. The molecule has 0 bridgehead atoms. The van der Waals surface area contributed by atoms with E-state index in [1.807, 2.05) is 0 Å². The third kappa shape index (κ3) is 3.94. The Balaban J connectivity index is 2.80. The maximum Gasteiger partial charge on any atom is 0.270 e. The van der Waals surface area contributed by atoms with Crippen molar-refractivity contribution in [3.8, 4) is 0 Å². The Labute approximate surface area is 104 Å². The number of anilines is 1. The van der Waals surface area contributed by atoms with Gasteiger partial charge in [-0.05, 0) is 12.5 Å². The van der Waals surface area contributed by atoms with Gasteiger partial charge in [0.15, 0.2) is 0 Å². The number of nitrogens with zero attached hydrogens (tertiary/aromatic N) is 1. The molecule has 1 N–H and O–H groups in total. The van der Waals surface area contributed by atoms with Crippen molar-refractivity contribution in [2.75, 3.05) is 11.9 Å². The van der Waals surface area contributed by atoms with Gasteiger partial charge in [0.05, 0.1) is 4.92 Å². The van der Waals surface area contributed by atoms with Crippen LogP contribution in [0.5, 0.6) is 0 Å². The van der Waals surface area contributed by atoms with E-state index in [9.17, 15) is 18.9 Å². The normalized spacial score (nSPS) is 10.7. The molecule has 0 aliphatic heterocycles. The van der Waals surface area contributed by atoms with E-state index < -0.39 is 11.3 Å². The molecule has 0 saturated heterocycles. The Kier molecular flexibility index (Phi) is 5.48. The molecule has 0 atom stereocenters. The number of alkyl halides is 2. The highest BCUT2D eigenvalue weighted by Gasteiger charge is 2.17. The largest absolute Gasteiger partial charge is 0.385 e. The first-order valence-corrected chi connectivity index (χ1v) is 5.86. The fourth-order valence-electron chi connectivity index (χ4n) is 1.60. The standard InChI is InChI=1S/C12H16F2N2O2/c1-2-3-4-7-15-11-6-5-9(16(17)18)8-10(11)12(13)14/h5-6,8,12,15H,2-4,7H2,1H3. The maximum absolute atomic E-state index is 12.8. The number of unbranched alkanes of at least 4 members (excludes halogenated alkanes) is 2. The van der Waals surface area contributed by atoms with Gasteiger partial charge < -0.3 is 5.32 Å². The molecule has 0 amide bonds. The van der Waals surface area contributed by atoms with Crippen LogP contribution in [0.4, 0.5) is 20.2 Å². The van der Waals surface area contributed by atoms with Crippen molar-refractivity contribution in [2.24, 2.45) is 0 Å². The number of benzene rings is 1. The molecule has 0 aromatic heterocycles. The second kappa shape index (κ2) is 6.88. The molecule has 4 nitrogen and oxygen atoms in total. The van der Waals surface area contributed by atoms with Gasteiger partial charge in [-0.25, -0.2) is 8.78 Å². The monoisotopic (exact) mass is 258 g/mol. The lowest BCUT2D eigenvalue weighted by molar-refractivity contribution is -0.385. The number of hydrogen-bond acceptors (Lipinski definition) is 3. The first-order valence-electron chi connectivity index (χ1n) is 5.86. The Morgan fingerprint density at radius 2 is 2.11 bits per heavy atom. The van der Waals surface area contributed by atoms with Crippen LogP contribution in [0.15, 0.2) is 18.2 Å². The fraction of sp³-hybridized carbons (Fsp3) is 0.500. The predicted octanol–water partition coefficient (Wildman–Crippen LogP) is 4.13. The van der Waals surface area contributed by atoms with Crippen LogP contribution in [0.2, 0.25) is 0 Å². The van der Waals surface area contributed by atoms with E-state index in [4.69, 9.17) is 0 Å². The number of hydrogen-bond donors (Lipinski definition) is 1. The molecule has 1 aromatic rings. The van der Waals surface area contributed by atoms with E-state index in [1.165, 1.54) is 12.1 Å². The lowest BCUT2D eigenvalue weighted by atomic mass is 10.1. The summed E-state index contributed by atoms with van der Waals surface area (Å²) in [5.74, 6) is 0. The first kappa shape index (κ1) is 14.3. The molecule has 1 rings (SSSR count). The number of nitro groups is 1. The van der Waals surface area contributed by atoms with E-state index in [-0.39, 0.29) is 16.9 Å². The van der Waals surface area contributed by atoms with Crippen molar-refractivity contribution in [1.29, 1.82) is 0 Å². The third-order valence-electron chi connectivity index (χ3n) is 2.58. The summed E-state index contributed by atoms with van der Waals surface area (Å²) in [6, 6.07) is 3.49. The van der Waals surface area contributed by atoms with Gasteiger partial charge in [0, 0.05) is 29.9 Å². The molecule has 0 radical (unpaired) electrons. The van der Waals surface area contributed by atoms with E-state index in [2.05, 4.69) is 12.2 Å². The van der Waals surface area contributed by atoms with Crippen molar-refractivity contribution in [3.63, 3.8) is 0 Å². The highest BCUT2D eigenvalue weighted by molar-refractivity contribution is 5.56. The van der Waals surface area contributed by atoms with Crippen molar-refractivity contribution in [1.82, 2.24) is 0 Å². The molecular weight excluding hydrogens is 242 g/mol. The second-order valence-electron chi connectivity index (χ2n) is 3.96. The fourth-order valence-corrected chi connectivity index (χ4v) is 1.60. The van der Waals surface area contributed by atoms with E-state index in [1.54, 1.807) is 0 Å². The number of nitrogens with one attached hydrogen (secondary N) is 1. The van der Waals surface area contributed by atoms with Crippen LogP contribution in [0.1, 0.15) is 38.2 Å².